The van der Waals surface area contributed by atoms with E-state index in [-0.39, 0.29) is 12.1 Å². The Morgan fingerprint density at radius 2 is 2.14 bits per heavy atom. The Balaban J connectivity index is 1.95. The number of urea groups is 1. The second kappa shape index (κ2) is 7.63. The second-order valence-electron chi connectivity index (χ2n) is 5.29. The van der Waals surface area contributed by atoms with E-state index >= 15 is 0 Å². The van der Waals surface area contributed by atoms with Crippen LogP contribution in [0.3, 0.4) is 0 Å². The number of nitrogens with zero attached hydrogens (tertiary/aromatic N) is 1. The van der Waals surface area contributed by atoms with Crippen LogP contribution < -0.4 is 10.6 Å². The summed E-state index contributed by atoms with van der Waals surface area (Å²) in [4.78, 5) is 15.4. The van der Waals surface area contributed by atoms with Gasteiger partial charge in [0.05, 0.1) is 6.04 Å². The number of likely N-dealkylation sites (N-methyl/N-ethyl adjacent to an activating group) is 1. The Morgan fingerprint density at radius 1 is 1.36 bits per heavy atom. The molecule has 2 N–H and O–H groups in total. The highest BCUT2D eigenvalue weighted by atomic mass is 35.5. The van der Waals surface area contributed by atoms with Crippen LogP contribution in [-0.2, 0) is 0 Å². The molecule has 0 aliphatic rings. The fraction of sp³-hybridized carbons (Fsp3) is 0.312. The second-order valence-corrected chi connectivity index (χ2v) is 6.70. The topological polar surface area (TPSA) is 44.4 Å². The largest absolute Gasteiger partial charge is 0.336 e. The lowest BCUT2D eigenvalue weighted by Gasteiger charge is -2.23. The average Bonchev–Trinajstić information content (AvgIpc) is 2.96. The van der Waals surface area contributed by atoms with Crippen LogP contribution in [0.1, 0.15) is 16.5 Å². The first kappa shape index (κ1) is 16.8. The van der Waals surface area contributed by atoms with Gasteiger partial charge in [-0.05, 0) is 50.2 Å². The molecule has 0 radical (unpaired) electrons. The number of hydrogen-bond donors (Lipinski definition) is 2. The van der Waals surface area contributed by atoms with Crippen molar-refractivity contribution < 1.29 is 4.79 Å². The number of rotatable bonds is 5. The number of carbonyl (C=O) groups excluding carboxylic acids is 1. The normalized spacial score (nSPS) is 12.2. The molecule has 0 aliphatic carbocycles. The molecule has 0 fully saturated rings. The Labute approximate surface area is 140 Å². The molecule has 1 atom stereocenters. The molecule has 22 heavy (non-hydrogen) atoms. The molecule has 6 heteroatoms. The molecular formula is C16H20ClN3OS. The van der Waals surface area contributed by atoms with Gasteiger partial charge >= 0.3 is 6.03 Å². The summed E-state index contributed by atoms with van der Waals surface area (Å²) in [6.07, 6.45) is 0. The van der Waals surface area contributed by atoms with E-state index in [1.807, 2.05) is 38.5 Å². The summed E-state index contributed by atoms with van der Waals surface area (Å²) in [5.41, 5.74) is 1.70. The SMILES string of the molecule is Cc1ccc(Cl)cc1NC(=O)NC[C@H](c1cccs1)N(C)C. The van der Waals surface area contributed by atoms with Gasteiger partial charge in [-0.1, -0.05) is 23.7 Å². The van der Waals surface area contributed by atoms with E-state index in [4.69, 9.17) is 11.6 Å². The molecule has 2 rings (SSSR count). The van der Waals surface area contributed by atoms with Gasteiger partial charge in [0, 0.05) is 22.1 Å². The number of nitrogens with one attached hydrogen (secondary N) is 2. The monoisotopic (exact) mass is 337 g/mol. The van der Waals surface area contributed by atoms with Crippen molar-refractivity contribution in [3.63, 3.8) is 0 Å². The van der Waals surface area contributed by atoms with Crippen LogP contribution in [0.2, 0.25) is 5.02 Å². The molecule has 4 nitrogen and oxygen atoms in total. The molecule has 0 bridgehead atoms. The van der Waals surface area contributed by atoms with Crippen molar-refractivity contribution >= 4 is 34.7 Å². The van der Waals surface area contributed by atoms with Crippen LogP contribution in [-0.4, -0.2) is 31.6 Å². The van der Waals surface area contributed by atoms with Gasteiger partial charge in [-0.25, -0.2) is 4.79 Å². The maximum atomic E-state index is 12.1. The minimum atomic E-state index is -0.228. The van der Waals surface area contributed by atoms with E-state index in [9.17, 15) is 4.79 Å². The molecule has 0 aliphatic heterocycles. The van der Waals surface area contributed by atoms with Crippen molar-refractivity contribution in [1.82, 2.24) is 10.2 Å². The molecule has 0 spiro atoms. The molecule has 0 saturated heterocycles. The van der Waals surface area contributed by atoms with Crippen LogP contribution in [0.25, 0.3) is 0 Å². The third-order valence-electron chi connectivity index (χ3n) is 3.40. The van der Waals surface area contributed by atoms with Crippen molar-refractivity contribution in [1.29, 1.82) is 0 Å². The zero-order chi connectivity index (χ0) is 16.1. The lowest BCUT2D eigenvalue weighted by Crippen LogP contribution is -2.36. The summed E-state index contributed by atoms with van der Waals surface area (Å²) in [5.74, 6) is 0. The molecule has 2 aromatic rings. The molecule has 0 unspecified atom stereocenters. The van der Waals surface area contributed by atoms with E-state index in [2.05, 4.69) is 21.6 Å². The van der Waals surface area contributed by atoms with Crippen molar-refractivity contribution in [3.8, 4) is 0 Å². The summed E-state index contributed by atoms with van der Waals surface area (Å²) in [5, 5.41) is 8.41. The van der Waals surface area contributed by atoms with Crippen molar-refractivity contribution in [2.45, 2.75) is 13.0 Å². The number of halogens is 1. The lowest BCUT2D eigenvalue weighted by molar-refractivity contribution is 0.244. The number of amides is 2. The van der Waals surface area contributed by atoms with E-state index in [0.717, 1.165) is 11.3 Å². The first-order chi connectivity index (χ1) is 10.5. The number of anilines is 1. The smallest absolute Gasteiger partial charge is 0.319 e. The molecule has 1 aromatic heterocycles. The Bertz CT molecular complexity index is 628. The number of hydrogen-bond acceptors (Lipinski definition) is 3. The van der Waals surface area contributed by atoms with E-state index < -0.39 is 0 Å². The van der Waals surface area contributed by atoms with Crippen LogP contribution in [0, 0.1) is 6.92 Å². The minimum Gasteiger partial charge on any atom is -0.336 e. The first-order valence-corrected chi connectivity index (χ1v) is 8.24. The van der Waals surface area contributed by atoms with Crippen molar-refractivity contribution in [2.24, 2.45) is 0 Å². The number of aryl methyl sites for hydroxylation is 1. The lowest BCUT2D eigenvalue weighted by atomic mass is 10.2. The molecule has 2 amide bonds. The van der Waals surface area contributed by atoms with Gasteiger partial charge in [0.1, 0.15) is 0 Å². The van der Waals surface area contributed by atoms with E-state index in [0.29, 0.717) is 11.6 Å². The molecule has 1 aromatic carbocycles. The highest BCUT2D eigenvalue weighted by Gasteiger charge is 2.16. The van der Waals surface area contributed by atoms with Gasteiger partial charge in [-0.2, -0.15) is 0 Å². The number of thiophene rings is 1. The molecular weight excluding hydrogens is 318 g/mol. The summed E-state index contributed by atoms with van der Waals surface area (Å²) < 4.78 is 0. The van der Waals surface area contributed by atoms with Gasteiger partial charge in [0.2, 0.25) is 0 Å². The Hall–Kier alpha value is -1.56. The van der Waals surface area contributed by atoms with E-state index in [1.165, 1.54) is 4.88 Å². The maximum Gasteiger partial charge on any atom is 0.319 e. The number of benzene rings is 1. The fourth-order valence-corrected chi connectivity index (χ4v) is 3.20. The summed E-state index contributed by atoms with van der Waals surface area (Å²) >= 11 is 7.65. The van der Waals surface area contributed by atoms with Crippen LogP contribution in [0.5, 0.6) is 0 Å². The Morgan fingerprint density at radius 3 is 2.77 bits per heavy atom. The third-order valence-corrected chi connectivity index (χ3v) is 4.61. The summed E-state index contributed by atoms with van der Waals surface area (Å²) in [7, 11) is 4.01. The summed E-state index contributed by atoms with van der Waals surface area (Å²) in [6.45, 7) is 2.47. The van der Waals surface area contributed by atoms with Crippen LogP contribution in [0.15, 0.2) is 35.7 Å². The zero-order valence-corrected chi connectivity index (χ0v) is 14.5. The standard InChI is InChI=1S/C16H20ClN3OS/c1-11-6-7-12(17)9-13(11)19-16(21)18-10-14(20(2)3)15-5-4-8-22-15/h4-9,14H,10H2,1-3H3,(H2,18,19,21)/t14-/m1/s1. The highest BCUT2D eigenvalue weighted by molar-refractivity contribution is 7.10. The van der Waals surface area contributed by atoms with Crippen molar-refractivity contribution in [3.05, 3.63) is 51.2 Å². The fourth-order valence-electron chi connectivity index (χ4n) is 2.10. The predicted molar refractivity (Wildman–Crippen MR) is 94.0 cm³/mol. The number of carbonyl (C=O) groups is 1. The third kappa shape index (κ3) is 4.47. The maximum absolute atomic E-state index is 12.1. The molecule has 1 heterocycles. The van der Waals surface area contributed by atoms with Gasteiger partial charge < -0.3 is 15.5 Å². The van der Waals surface area contributed by atoms with Gasteiger partial charge in [-0.15, -0.1) is 11.3 Å². The minimum absolute atomic E-state index is 0.159. The predicted octanol–water partition coefficient (Wildman–Crippen LogP) is 4.13. The van der Waals surface area contributed by atoms with Gasteiger partial charge in [-0.3, -0.25) is 0 Å². The molecule has 118 valence electrons. The highest BCUT2D eigenvalue weighted by Crippen LogP contribution is 2.23. The quantitative estimate of drug-likeness (QED) is 0.861. The Kier molecular flexibility index (Phi) is 5.83. The van der Waals surface area contributed by atoms with Gasteiger partial charge in [0.25, 0.3) is 0 Å². The first-order valence-electron chi connectivity index (χ1n) is 6.98. The zero-order valence-electron chi connectivity index (χ0n) is 12.9. The molecule has 0 saturated carbocycles. The van der Waals surface area contributed by atoms with Crippen molar-refractivity contribution in [2.75, 3.05) is 26.0 Å². The van der Waals surface area contributed by atoms with Gasteiger partial charge in [0.15, 0.2) is 0 Å². The average molecular weight is 338 g/mol. The van der Waals surface area contributed by atoms with Crippen LogP contribution >= 0.6 is 22.9 Å². The summed E-state index contributed by atoms with van der Waals surface area (Å²) in [6, 6.07) is 9.46. The van der Waals surface area contributed by atoms with E-state index in [1.54, 1.807) is 23.5 Å². The van der Waals surface area contributed by atoms with Crippen LogP contribution in [0.4, 0.5) is 10.5 Å².